The van der Waals surface area contributed by atoms with Gasteiger partial charge in [0.25, 0.3) is 5.91 Å². The number of hydrogen-bond acceptors (Lipinski definition) is 6. The first-order valence-corrected chi connectivity index (χ1v) is 6.03. The lowest BCUT2D eigenvalue weighted by molar-refractivity contribution is 0.0953. The molecule has 0 bridgehead atoms. The number of carbonyl (C=O) groups excluding carboxylic acids is 1. The van der Waals surface area contributed by atoms with Gasteiger partial charge in [-0.15, -0.1) is 11.3 Å². The highest BCUT2D eigenvalue weighted by molar-refractivity contribution is 7.11. The largest absolute Gasteiger partial charge is 0.347 e. The highest BCUT2D eigenvalue weighted by atomic mass is 35.5. The minimum absolute atomic E-state index is 0.195. The van der Waals surface area contributed by atoms with E-state index in [1.807, 2.05) is 5.43 Å². The quantitative estimate of drug-likeness (QED) is 0.470. The summed E-state index contributed by atoms with van der Waals surface area (Å²) >= 11 is 6.88. The second-order valence-electron chi connectivity index (χ2n) is 3.30. The number of nitrogens with one attached hydrogen (secondary N) is 1. The average molecular weight is 286 g/mol. The van der Waals surface area contributed by atoms with Gasteiger partial charge in [-0.1, -0.05) is 11.6 Å². The Balaban J connectivity index is 2.24. The van der Waals surface area contributed by atoms with E-state index in [4.69, 9.17) is 17.4 Å². The summed E-state index contributed by atoms with van der Waals surface area (Å²) in [4.78, 5) is 30.3. The number of aromatic nitrogens is 3. The minimum atomic E-state index is -0.470. The number of halogens is 1. The fourth-order valence-corrected chi connectivity index (χ4v) is 2.14. The van der Waals surface area contributed by atoms with Crippen molar-refractivity contribution in [1.82, 2.24) is 20.0 Å². The van der Waals surface area contributed by atoms with E-state index in [1.54, 1.807) is 5.38 Å². The molecule has 1 amide bonds. The van der Waals surface area contributed by atoms with E-state index >= 15 is 0 Å². The second kappa shape index (κ2) is 5.25. The summed E-state index contributed by atoms with van der Waals surface area (Å²) in [5.41, 5.74) is 2.11. The number of nitrogens with zero attached hydrogens (tertiary/aromatic N) is 3. The van der Waals surface area contributed by atoms with Crippen LogP contribution in [0.5, 0.6) is 0 Å². The monoisotopic (exact) mass is 285 g/mol. The van der Waals surface area contributed by atoms with Crippen LogP contribution in [0.4, 0.5) is 0 Å². The molecule has 0 spiro atoms. The average Bonchev–Trinajstić information content (AvgIpc) is 2.81. The van der Waals surface area contributed by atoms with Crippen LogP contribution in [0.3, 0.4) is 0 Å². The van der Waals surface area contributed by atoms with E-state index in [1.165, 1.54) is 17.0 Å². The number of rotatable bonds is 3. The first-order chi connectivity index (χ1) is 8.60. The molecule has 2 heterocycles. The molecule has 0 fully saturated rings. The molecule has 94 valence electrons. The summed E-state index contributed by atoms with van der Waals surface area (Å²) in [6, 6.07) is 0. The number of hydrazine groups is 1. The van der Waals surface area contributed by atoms with Crippen molar-refractivity contribution >= 4 is 28.8 Å². The molecule has 0 unspecified atom stereocenters. The van der Waals surface area contributed by atoms with Crippen molar-refractivity contribution < 1.29 is 4.79 Å². The molecule has 2 aromatic heterocycles. The zero-order valence-corrected chi connectivity index (χ0v) is 10.5. The Labute approximate surface area is 110 Å². The predicted molar refractivity (Wildman–Crippen MR) is 66.4 cm³/mol. The molecule has 2 aromatic rings. The van der Waals surface area contributed by atoms with Crippen LogP contribution < -0.4 is 17.0 Å². The SMILES string of the molecule is NNC(=O)c1nc(Cn2cc(Cl)cnc2=O)cs1. The first-order valence-electron chi connectivity index (χ1n) is 4.77. The fourth-order valence-electron chi connectivity index (χ4n) is 1.26. The zero-order valence-electron chi connectivity index (χ0n) is 8.96. The van der Waals surface area contributed by atoms with Crippen LogP contribution in [0.2, 0.25) is 5.02 Å². The van der Waals surface area contributed by atoms with Crippen molar-refractivity contribution in [2.45, 2.75) is 6.54 Å². The van der Waals surface area contributed by atoms with Gasteiger partial charge >= 0.3 is 5.69 Å². The van der Waals surface area contributed by atoms with Gasteiger partial charge in [0, 0.05) is 11.6 Å². The number of nitrogen functional groups attached to an aromatic ring is 1. The Kier molecular flexibility index (Phi) is 3.70. The molecule has 9 heteroatoms. The number of thiazole rings is 1. The molecular formula is C9H8ClN5O2S. The summed E-state index contributed by atoms with van der Waals surface area (Å²) in [6.45, 7) is 0.195. The molecular weight excluding hydrogens is 278 g/mol. The Hall–Kier alpha value is -1.77. The third kappa shape index (κ3) is 2.73. The van der Waals surface area contributed by atoms with Crippen LogP contribution in [0.25, 0.3) is 0 Å². The third-order valence-electron chi connectivity index (χ3n) is 2.03. The second-order valence-corrected chi connectivity index (χ2v) is 4.59. The summed E-state index contributed by atoms with van der Waals surface area (Å²) in [7, 11) is 0. The van der Waals surface area contributed by atoms with Gasteiger partial charge in [0.15, 0.2) is 5.01 Å². The van der Waals surface area contributed by atoms with Crippen LogP contribution in [-0.4, -0.2) is 20.4 Å². The van der Waals surface area contributed by atoms with Gasteiger partial charge < -0.3 is 0 Å². The van der Waals surface area contributed by atoms with Crippen LogP contribution in [0, 0.1) is 0 Å². The van der Waals surface area contributed by atoms with Gasteiger partial charge in [0.05, 0.1) is 23.5 Å². The molecule has 0 aromatic carbocycles. The van der Waals surface area contributed by atoms with Crippen LogP contribution in [-0.2, 0) is 6.54 Å². The van der Waals surface area contributed by atoms with Crippen LogP contribution in [0.15, 0.2) is 22.6 Å². The summed E-state index contributed by atoms with van der Waals surface area (Å²) in [5, 5.41) is 2.25. The third-order valence-corrected chi connectivity index (χ3v) is 3.12. The molecule has 18 heavy (non-hydrogen) atoms. The lowest BCUT2D eigenvalue weighted by Crippen LogP contribution is -2.30. The van der Waals surface area contributed by atoms with Gasteiger partial charge in [-0.3, -0.25) is 14.8 Å². The Bertz CT molecular complexity index is 638. The van der Waals surface area contributed by atoms with Crippen molar-refractivity contribution in [3.63, 3.8) is 0 Å². The number of hydrogen-bond donors (Lipinski definition) is 2. The van der Waals surface area contributed by atoms with E-state index in [0.717, 1.165) is 11.3 Å². The van der Waals surface area contributed by atoms with Gasteiger partial charge in [-0.25, -0.2) is 20.6 Å². The topological polar surface area (TPSA) is 103 Å². The lowest BCUT2D eigenvalue weighted by atomic mass is 10.4. The highest BCUT2D eigenvalue weighted by Crippen LogP contribution is 2.11. The Morgan fingerprint density at radius 1 is 1.61 bits per heavy atom. The summed E-state index contributed by atoms with van der Waals surface area (Å²) in [5.74, 6) is 4.52. The van der Waals surface area contributed by atoms with Gasteiger partial charge in [0.1, 0.15) is 0 Å². The molecule has 7 nitrogen and oxygen atoms in total. The Morgan fingerprint density at radius 3 is 3.11 bits per heavy atom. The molecule has 0 radical (unpaired) electrons. The van der Waals surface area contributed by atoms with Gasteiger partial charge in [-0.2, -0.15) is 0 Å². The van der Waals surface area contributed by atoms with E-state index in [9.17, 15) is 9.59 Å². The fraction of sp³-hybridized carbons (Fsp3) is 0.111. The normalized spacial score (nSPS) is 10.3. The van der Waals surface area contributed by atoms with Crippen molar-refractivity contribution in [1.29, 1.82) is 0 Å². The maximum absolute atomic E-state index is 11.4. The lowest BCUT2D eigenvalue weighted by Gasteiger charge is -2.01. The zero-order chi connectivity index (χ0) is 13.1. The van der Waals surface area contributed by atoms with E-state index < -0.39 is 11.6 Å². The maximum Gasteiger partial charge on any atom is 0.347 e. The molecule has 0 aliphatic carbocycles. The standard InChI is InChI=1S/C9H8ClN5O2S/c10-5-1-12-9(17)15(2-5)3-6-4-18-8(13-6)7(16)14-11/h1-2,4H,3,11H2,(H,14,16). The van der Waals surface area contributed by atoms with E-state index in [-0.39, 0.29) is 11.6 Å². The molecule has 0 aliphatic heterocycles. The maximum atomic E-state index is 11.4. The van der Waals surface area contributed by atoms with Crippen LogP contribution >= 0.6 is 22.9 Å². The van der Waals surface area contributed by atoms with Crippen molar-refractivity contribution in [3.8, 4) is 0 Å². The molecule has 0 saturated carbocycles. The smallest absolute Gasteiger partial charge is 0.292 e. The van der Waals surface area contributed by atoms with Gasteiger partial charge in [-0.05, 0) is 0 Å². The molecule has 0 atom stereocenters. The number of carbonyl (C=O) groups is 1. The molecule has 0 saturated heterocycles. The van der Waals surface area contributed by atoms with E-state index in [0.29, 0.717) is 10.7 Å². The Morgan fingerprint density at radius 2 is 2.39 bits per heavy atom. The first kappa shape index (κ1) is 12.7. The highest BCUT2D eigenvalue weighted by Gasteiger charge is 2.10. The minimum Gasteiger partial charge on any atom is -0.292 e. The molecule has 2 rings (SSSR count). The van der Waals surface area contributed by atoms with Crippen molar-refractivity contribution in [2.24, 2.45) is 5.84 Å². The van der Waals surface area contributed by atoms with Crippen molar-refractivity contribution in [2.75, 3.05) is 0 Å². The molecule has 0 aliphatic rings. The molecule has 3 N–H and O–H groups in total. The van der Waals surface area contributed by atoms with Crippen LogP contribution in [0.1, 0.15) is 15.5 Å². The number of nitrogens with two attached hydrogens (primary N) is 1. The van der Waals surface area contributed by atoms with Crippen molar-refractivity contribution in [3.05, 3.63) is 44.0 Å². The summed E-state index contributed by atoms with van der Waals surface area (Å²) in [6.07, 6.45) is 2.73. The predicted octanol–water partition coefficient (Wildman–Crippen LogP) is 0.00500. The summed E-state index contributed by atoms with van der Waals surface area (Å²) < 4.78 is 1.31. The van der Waals surface area contributed by atoms with Gasteiger partial charge in [0.2, 0.25) is 0 Å². The number of amides is 1. The van der Waals surface area contributed by atoms with E-state index in [2.05, 4.69) is 9.97 Å².